The zero-order valence-corrected chi connectivity index (χ0v) is 14.6. The molecule has 2 fully saturated rings. The number of carbonyl (C=O) groups is 1. The Hall–Kier alpha value is -1.07. The zero-order chi connectivity index (χ0) is 15.5. The SMILES string of the molecule is COc1ccc(Br)cc1C1CCCN1C(=O)CC1CCCN1. The van der Waals surface area contributed by atoms with E-state index < -0.39 is 0 Å². The van der Waals surface area contributed by atoms with Gasteiger partial charge in [-0.3, -0.25) is 4.79 Å². The molecule has 0 saturated carbocycles. The second-order valence-corrected chi connectivity index (χ2v) is 7.04. The van der Waals surface area contributed by atoms with Gasteiger partial charge in [-0.1, -0.05) is 15.9 Å². The van der Waals surface area contributed by atoms with Crippen molar-refractivity contribution >= 4 is 21.8 Å². The van der Waals surface area contributed by atoms with Crippen LogP contribution in [0.2, 0.25) is 0 Å². The van der Waals surface area contributed by atoms with E-state index in [9.17, 15) is 4.79 Å². The fourth-order valence-electron chi connectivity index (χ4n) is 3.61. The number of ether oxygens (including phenoxy) is 1. The first-order valence-electron chi connectivity index (χ1n) is 8.05. The van der Waals surface area contributed by atoms with Gasteiger partial charge in [0.1, 0.15) is 5.75 Å². The molecule has 120 valence electrons. The van der Waals surface area contributed by atoms with E-state index in [4.69, 9.17) is 4.74 Å². The molecule has 1 aromatic rings. The molecule has 2 heterocycles. The fourth-order valence-corrected chi connectivity index (χ4v) is 3.99. The standard InChI is InChI=1S/C17H23BrN2O2/c1-22-16-7-6-12(18)10-14(16)15-5-3-9-20(15)17(21)11-13-4-2-8-19-13/h6-7,10,13,15,19H,2-5,8-9,11H2,1H3. The quantitative estimate of drug-likeness (QED) is 0.888. The summed E-state index contributed by atoms with van der Waals surface area (Å²) in [6.07, 6.45) is 4.99. The largest absolute Gasteiger partial charge is 0.496 e. The van der Waals surface area contributed by atoms with Crippen molar-refractivity contribution in [3.8, 4) is 5.75 Å². The van der Waals surface area contributed by atoms with Gasteiger partial charge in [-0.05, 0) is 50.4 Å². The topological polar surface area (TPSA) is 41.6 Å². The number of hydrogen-bond acceptors (Lipinski definition) is 3. The van der Waals surface area contributed by atoms with Gasteiger partial charge in [0.25, 0.3) is 0 Å². The number of methoxy groups -OCH3 is 1. The van der Waals surface area contributed by atoms with Gasteiger partial charge in [0, 0.05) is 29.0 Å². The summed E-state index contributed by atoms with van der Waals surface area (Å²) in [7, 11) is 1.69. The summed E-state index contributed by atoms with van der Waals surface area (Å²) in [6, 6.07) is 6.53. The van der Waals surface area contributed by atoms with Crippen molar-refractivity contribution in [1.29, 1.82) is 0 Å². The molecule has 2 atom stereocenters. The van der Waals surface area contributed by atoms with Crippen LogP contribution in [0.5, 0.6) is 5.75 Å². The van der Waals surface area contributed by atoms with E-state index >= 15 is 0 Å². The first-order valence-corrected chi connectivity index (χ1v) is 8.84. The highest BCUT2D eigenvalue weighted by molar-refractivity contribution is 9.10. The molecular formula is C17H23BrN2O2. The minimum absolute atomic E-state index is 0.140. The van der Waals surface area contributed by atoms with Crippen LogP contribution in [0.4, 0.5) is 0 Å². The number of hydrogen-bond donors (Lipinski definition) is 1. The molecular weight excluding hydrogens is 344 g/mol. The van der Waals surface area contributed by atoms with Gasteiger partial charge in [-0.25, -0.2) is 0 Å². The molecule has 0 bridgehead atoms. The average Bonchev–Trinajstić information content (AvgIpc) is 3.18. The van der Waals surface area contributed by atoms with Crippen LogP contribution in [0.1, 0.15) is 43.7 Å². The number of carbonyl (C=O) groups excluding carboxylic acids is 1. The number of nitrogens with zero attached hydrogens (tertiary/aromatic N) is 1. The number of halogens is 1. The van der Waals surface area contributed by atoms with E-state index in [1.165, 1.54) is 6.42 Å². The third-order valence-corrected chi connectivity index (χ3v) is 5.20. The van der Waals surface area contributed by atoms with E-state index in [1.807, 2.05) is 17.0 Å². The normalized spacial score (nSPS) is 24.7. The Labute approximate surface area is 140 Å². The minimum atomic E-state index is 0.140. The zero-order valence-electron chi connectivity index (χ0n) is 13.0. The second kappa shape index (κ2) is 7.01. The summed E-state index contributed by atoms with van der Waals surface area (Å²) in [4.78, 5) is 14.7. The molecule has 3 rings (SSSR count). The van der Waals surface area contributed by atoms with Crippen molar-refractivity contribution in [1.82, 2.24) is 10.2 Å². The third-order valence-electron chi connectivity index (χ3n) is 4.71. The first kappa shape index (κ1) is 15.8. The maximum atomic E-state index is 12.7. The van der Waals surface area contributed by atoms with Crippen molar-refractivity contribution in [2.24, 2.45) is 0 Å². The Morgan fingerprint density at radius 1 is 1.41 bits per heavy atom. The number of amides is 1. The lowest BCUT2D eigenvalue weighted by atomic mass is 10.0. The van der Waals surface area contributed by atoms with Crippen molar-refractivity contribution < 1.29 is 9.53 Å². The van der Waals surface area contributed by atoms with Crippen LogP contribution in [-0.4, -0.2) is 37.0 Å². The third kappa shape index (κ3) is 3.30. The van der Waals surface area contributed by atoms with Crippen LogP contribution in [0.15, 0.2) is 22.7 Å². The van der Waals surface area contributed by atoms with Crippen LogP contribution < -0.4 is 10.1 Å². The lowest BCUT2D eigenvalue weighted by Crippen LogP contribution is -2.35. The molecule has 0 aliphatic carbocycles. The fraction of sp³-hybridized carbons (Fsp3) is 0.588. The molecule has 2 unspecified atom stereocenters. The smallest absolute Gasteiger partial charge is 0.224 e. The number of benzene rings is 1. The molecule has 0 spiro atoms. The summed E-state index contributed by atoms with van der Waals surface area (Å²) in [5, 5.41) is 3.42. The van der Waals surface area contributed by atoms with Crippen LogP contribution in [-0.2, 0) is 4.79 Å². The number of nitrogens with one attached hydrogen (secondary N) is 1. The van der Waals surface area contributed by atoms with Gasteiger partial charge in [0.15, 0.2) is 0 Å². The van der Waals surface area contributed by atoms with E-state index in [0.717, 1.165) is 48.1 Å². The lowest BCUT2D eigenvalue weighted by molar-refractivity contribution is -0.132. The molecule has 1 N–H and O–H groups in total. The molecule has 2 saturated heterocycles. The van der Waals surface area contributed by atoms with E-state index in [1.54, 1.807) is 7.11 Å². The number of rotatable bonds is 4. The van der Waals surface area contributed by atoms with Gasteiger partial charge in [-0.15, -0.1) is 0 Å². The van der Waals surface area contributed by atoms with E-state index in [-0.39, 0.29) is 11.9 Å². The molecule has 5 heteroatoms. The van der Waals surface area contributed by atoms with Crippen molar-refractivity contribution in [2.75, 3.05) is 20.2 Å². The summed E-state index contributed by atoms with van der Waals surface area (Å²) < 4.78 is 6.53. The first-order chi connectivity index (χ1) is 10.7. The van der Waals surface area contributed by atoms with Crippen molar-refractivity contribution in [2.45, 2.75) is 44.2 Å². The van der Waals surface area contributed by atoms with Gasteiger partial charge in [0.2, 0.25) is 5.91 Å². The molecule has 1 amide bonds. The van der Waals surface area contributed by atoms with Crippen molar-refractivity contribution in [3.63, 3.8) is 0 Å². The van der Waals surface area contributed by atoms with Crippen LogP contribution >= 0.6 is 15.9 Å². The molecule has 2 aliphatic heterocycles. The van der Waals surface area contributed by atoms with Gasteiger partial charge >= 0.3 is 0 Å². The monoisotopic (exact) mass is 366 g/mol. The Kier molecular flexibility index (Phi) is 5.03. The molecule has 4 nitrogen and oxygen atoms in total. The molecule has 0 radical (unpaired) electrons. The highest BCUT2D eigenvalue weighted by Gasteiger charge is 2.33. The molecule has 1 aromatic carbocycles. The summed E-state index contributed by atoms with van der Waals surface area (Å²) >= 11 is 3.53. The predicted molar refractivity (Wildman–Crippen MR) is 90.0 cm³/mol. The maximum absolute atomic E-state index is 12.7. The minimum Gasteiger partial charge on any atom is -0.496 e. The lowest BCUT2D eigenvalue weighted by Gasteiger charge is -2.27. The Bertz CT molecular complexity index is 543. The summed E-state index contributed by atoms with van der Waals surface area (Å²) in [6.45, 7) is 1.90. The number of likely N-dealkylation sites (tertiary alicyclic amines) is 1. The second-order valence-electron chi connectivity index (χ2n) is 6.13. The molecule has 2 aliphatic rings. The van der Waals surface area contributed by atoms with Crippen molar-refractivity contribution in [3.05, 3.63) is 28.2 Å². The average molecular weight is 367 g/mol. The predicted octanol–water partition coefficient (Wildman–Crippen LogP) is 3.26. The highest BCUT2D eigenvalue weighted by Crippen LogP contribution is 2.38. The Morgan fingerprint density at radius 3 is 3.00 bits per heavy atom. The molecule has 0 aromatic heterocycles. The summed E-state index contributed by atoms with van der Waals surface area (Å²) in [5.41, 5.74) is 1.11. The highest BCUT2D eigenvalue weighted by atomic mass is 79.9. The van der Waals surface area contributed by atoms with Gasteiger partial charge < -0.3 is 15.0 Å². The Balaban J connectivity index is 1.77. The van der Waals surface area contributed by atoms with Crippen LogP contribution in [0, 0.1) is 0 Å². The van der Waals surface area contributed by atoms with E-state index in [2.05, 4.69) is 27.3 Å². The summed E-state index contributed by atoms with van der Waals surface area (Å²) in [5.74, 6) is 1.14. The maximum Gasteiger partial charge on any atom is 0.224 e. The Morgan fingerprint density at radius 2 is 2.27 bits per heavy atom. The molecule has 22 heavy (non-hydrogen) atoms. The van der Waals surface area contributed by atoms with Crippen LogP contribution in [0.3, 0.4) is 0 Å². The van der Waals surface area contributed by atoms with Crippen LogP contribution in [0.25, 0.3) is 0 Å². The van der Waals surface area contributed by atoms with Gasteiger partial charge in [-0.2, -0.15) is 0 Å². The van der Waals surface area contributed by atoms with Gasteiger partial charge in [0.05, 0.1) is 13.2 Å². The van der Waals surface area contributed by atoms with E-state index in [0.29, 0.717) is 12.5 Å².